The summed E-state index contributed by atoms with van der Waals surface area (Å²) in [4.78, 5) is 11.2. The van der Waals surface area contributed by atoms with Crippen LogP contribution in [0.3, 0.4) is 0 Å². The third-order valence-corrected chi connectivity index (χ3v) is 2.63. The van der Waals surface area contributed by atoms with Gasteiger partial charge in [0.1, 0.15) is 0 Å². The zero-order valence-corrected chi connectivity index (χ0v) is 7.55. The normalized spacial score (nSPS) is 31.9. The van der Waals surface area contributed by atoms with E-state index < -0.39 is 0 Å². The quantitative estimate of drug-likeness (QED) is 0.564. The molecule has 1 aliphatic carbocycles. The lowest BCUT2D eigenvalue weighted by molar-refractivity contribution is -0.118. The Balaban J connectivity index is 2.76. The first kappa shape index (κ1) is 8.51. The molecule has 0 spiro atoms. The maximum absolute atomic E-state index is 11.2. The van der Waals surface area contributed by atoms with Crippen LogP contribution in [0, 0.1) is 11.8 Å². The van der Waals surface area contributed by atoms with Crippen molar-refractivity contribution in [2.24, 2.45) is 11.8 Å². The number of carbonyl (C=O) groups excluding carboxylic acids is 1. The molecule has 1 rings (SSSR count). The predicted molar refractivity (Wildman–Crippen MR) is 46.3 cm³/mol. The standard InChI is InChI=1S/C10H16O/c1-4-9-5-8(3)10(11)6-7(9)2/h6,8-9H,4-5H2,1-3H3/t8-,9-/m1/s1. The minimum absolute atomic E-state index is 0.253. The second kappa shape index (κ2) is 3.21. The Hall–Kier alpha value is -0.590. The largest absolute Gasteiger partial charge is 0.295 e. The molecule has 0 saturated heterocycles. The molecule has 2 atom stereocenters. The Labute approximate surface area is 68.5 Å². The van der Waals surface area contributed by atoms with Crippen molar-refractivity contribution in [1.29, 1.82) is 0 Å². The zero-order valence-electron chi connectivity index (χ0n) is 7.55. The summed E-state index contributed by atoms with van der Waals surface area (Å²) in [5.74, 6) is 1.22. The highest BCUT2D eigenvalue weighted by Gasteiger charge is 2.22. The maximum Gasteiger partial charge on any atom is 0.158 e. The molecule has 1 aliphatic rings. The minimum atomic E-state index is 0.253. The molecule has 0 unspecified atom stereocenters. The summed E-state index contributed by atoms with van der Waals surface area (Å²) in [6, 6.07) is 0. The van der Waals surface area contributed by atoms with Crippen molar-refractivity contribution in [3.8, 4) is 0 Å². The van der Waals surface area contributed by atoms with Crippen LogP contribution in [0.4, 0.5) is 0 Å². The third kappa shape index (κ3) is 1.70. The summed E-state index contributed by atoms with van der Waals surface area (Å²) in [7, 11) is 0. The van der Waals surface area contributed by atoms with E-state index in [9.17, 15) is 4.79 Å². The summed E-state index contributed by atoms with van der Waals surface area (Å²) < 4.78 is 0. The monoisotopic (exact) mass is 152 g/mol. The number of rotatable bonds is 1. The molecule has 11 heavy (non-hydrogen) atoms. The first-order chi connectivity index (χ1) is 5.15. The SMILES string of the molecule is CC[C@@H]1C[C@@H](C)C(=O)C=C1C. The molecule has 0 aromatic heterocycles. The average Bonchev–Trinajstić information content (AvgIpc) is 1.97. The molecule has 1 heteroatoms. The van der Waals surface area contributed by atoms with Crippen LogP contribution in [-0.2, 0) is 4.79 Å². The van der Waals surface area contributed by atoms with E-state index in [0.29, 0.717) is 11.7 Å². The van der Waals surface area contributed by atoms with E-state index in [1.54, 1.807) is 0 Å². The lowest BCUT2D eigenvalue weighted by atomic mass is 9.81. The zero-order chi connectivity index (χ0) is 8.43. The van der Waals surface area contributed by atoms with E-state index in [1.165, 1.54) is 12.0 Å². The molecule has 0 saturated carbocycles. The van der Waals surface area contributed by atoms with Crippen molar-refractivity contribution in [3.63, 3.8) is 0 Å². The molecule has 0 fully saturated rings. The summed E-state index contributed by atoms with van der Waals surface area (Å²) in [5, 5.41) is 0. The highest BCUT2D eigenvalue weighted by Crippen LogP contribution is 2.28. The number of allylic oxidation sites excluding steroid dienone is 2. The van der Waals surface area contributed by atoms with E-state index in [-0.39, 0.29) is 5.92 Å². The minimum Gasteiger partial charge on any atom is -0.295 e. The van der Waals surface area contributed by atoms with Gasteiger partial charge in [0, 0.05) is 5.92 Å². The molecular formula is C10H16O. The van der Waals surface area contributed by atoms with Gasteiger partial charge in [-0.1, -0.05) is 19.4 Å². The number of hydrogen-bond acceptors (Lipinski definition) is 1. The molecule has 62 valence electrons. The van der Waals surface area contributed by atoms with Crippen LogP contribution in [0.2, 0.25) is 0 Å². The van der Waals surface area contributed by atoms with Gasteiger partial charge in [0.15, 0.2) is 5.78 Å². The molecule has 0 heterocycles. The van der Waals surface area contributed by atoms with Gasteiger partial charge in [-0.05, 0) is 31.8 Å². The molecule has 1 nitrogen and oxygen atoms in total. The fourth-order valence-corrected chi connectivity index (χ4v) is 1.70. The second-order valence-electron chi connectivity index (χ2n) is 3.53. The second-order valence-corrected chi connectivity index (χ2v) is 3.53. The number of hydrogen-bond donors (Lipinski definition) is 0. The average molecular weight is 152 g/mol. The number of carbonyl (C=O) groups is 1. The van der Waals surface area contributed by atoms with Crippen molar-refractivity contribution in [2.45, 2.75) is 33.6 Å². The van der Waals surface area contributed by atoms with E-state index in [1.807, 2.05) is 13.0 Å². The molecular weight excluding hydrogens is 136 g/mol. The summed E-state index contributed by atoms with van der Waals surface area (Å²) >= 11 is 0. The van der Waals surface area contributed by atoms with Crippen molar-refractivity contribution in [3.05, 3.63) is 11.6 Å². The van der Waals surface area contributed by atoms with E-state index in [2.05, 4.69) is 13.8 Å². The highest BCUT2D eigenvalue weighted by atomic mass is 16.1. The van der Waals surface area contributed by atoms with Gasteiger partial charge in [0.25, 0.3) is 0 Å². The van der Waals surface area contributed by atoms with Gasteiger partial charge in [-0.15, -0.1) is 0 Å². The molecule has 0 aromatic rings. The van der Waals surface area contributed by atoms with E-state index >= 15 is 0 Å². The van der Waals surface area contributed by atoms with Gasteiger partial charge < -0.3 is 0 Å². The van der Waals surface area contributed by atoms with Crippen LogP contribution in [-0.4, -0.2) is 5.78 Å². The highest BCUT2D eigenvalue weighted by molar-refractivity contribution is 5.93. The van der Waals surface area contributed by atoms with Crippen molar-refractivity contribution < 1.29 is 4.79 Å². The molecule has 0 radical (unpaired) electrons. The predicted octanol–water partition coefficient (Wildman–Crippen LogP) is 2.57. The van der Waals surface area contributed by atoms with Gasteiger partial charge in [0.2, 0.25) is 0 Å². The van der Waals surface area contributed by atoms with E-state index in [4.69, 9.17) is 0 Å². The van der Waals surface area contributed by atoms with Gasteiger partial charge in [-0.3, -0.25) is 4.79 Å². The van der Waals surface area contributed by atoms with Crippen LogP contribution in [0.1, 0.15) is 33.6 Å². The Kier molecular flexibility index (Phi) is 2.48. The van der Waals surface area contributed by atoms with Gasteiger partial charge in [-0.25, -0.2) is 0 Å². The van der Waals surface area contributed by atoms with Crippen LogP contribution >= 0.6 is 0 Å². The fraction of sp³-hybridized carbons (Fsp3) is 0.700. The Morgan fingerprint density at radius 2 is 2.27 bits per heavy atom. The fourth-order valence-electron chi connectivity index (χ4n) is 1.70. The Bertz CT molecular complexity index is 191. The van der Waals surface area contributed by atoms with Crippen molar-refractivity contribution in [2.75, 3.05) is 0 Å². The summed E-state index contributed by atoms with van der Waals surface area (Å²) in [6.07, 6.45) is 4.04. The topological polar surface area (TPSA) is 17.1 Å². The van der Waals surface area contributed by atoms with Crippen LogP contribution < -0.4 is 0 Å². The smallest absolute Gasteiger partial charge is 0.158 e. The molecule has 0 aliphatic heterocycles. The third-order valence-electron chi connectivity index (χ3n) is 2.63. The van der Waals surface area contributed by atoms with Crippen LogP contribution in [0.15, 0.2) is 11.6 Å². The lowest BCUT2D eigenvalue weighted by Crippen LogP contribution is -2.20. The Morgan fingerprint density at radius 1 is 1.64 bits per heavy atom. The van der Waals surface area contributed by atoms with Crippen molar-refractivity contribution in [1.82, 2.24) is 0 Å². The molecule has 0 N–H and O–H groups in total. The van der Waals surface area contributed by atoms with Crippen LogP contribution in [0.5, 0.6) is 0 Å². The number of ketones is 1. The first-order valence-electron chi connectivity index (χ1n) is 4.37. The lowest BCUT2D eigenvalue weighted by Gasteiger charge is -2.23. The molecule has 0 bridgehead atoms. The van der Waals surface area contributed by atoms with Crippen molar-refractivity contribution >= 4 is 5.78 Å². The molecule has 0 amide bonds. The van der Waals surface area contributed by atoms with E-state index in [0.717, 1.165) is 6.42 Å². The molecule has 0 aromatic carbocycles. The maximum atomic E-state index is 11.2. The summed E-state index contributed by atoms with van der Waals surface area (Å²) in [5.41, 5.74) is 1.27. The van der Waals surface area contributed by atoms with Crippen LogP contribution in [0.25, 0.3) is 0 Å². The van der Waals surface area contributed by atoms with Gasteiger partial charge in [0.05, 0.1) is 0 Å². The van der Waals surface area contributed by atoms with Gasteiger partial charge >= 0.3 is 0 Å². The summed E-state index contributed by atoms with van der Waals surface area (Å²) in [6.45, 7) is 6.27. The Morgan fingerprint density at radius 3 is 2.82 bits per heavy atom. The van der Waals surface area contributed by atoms with Gasteiger partial charge in [-0.2, -0.15) is 0 Å². The first-order valence-corrected chi connectivity index (χ1v) is 4.37.